The van der Waals surface area contributed by atoms with Crippen LogP contribution in [0.1, 0.15) is 16.5 Å². The summed E-state index contributed by atoms with van der Waals surface area (Å²) in [6.07, 6.45) is -0.623. The second kappa shape index (κ2) is 3.49. The van der Waals surface area contributed by atoms with Crippen LogP contribution >= 0.6 is 11.3 Å². The van der Waals surface area contributed by atoms with Crippen molar-refractivity contribution in [3.05, 3.63) is 21.9 Å². The molecular formula is C7H8N2OS. The average molecular weight is 168 g/mol. The zero-order valence-corrected chi connectivity index (χ0v) is 6.64. The van der Waals surface area contributed by atoms with Gasteiger partial charge in [-0.15, -0.1) is 11.3 Å². The van der Waals surface area contributed by atoms with Gasteiger partial charge < -0.3 is 10.8 Å². The van der Waals surface area contributed by atoms with E-state index in [-0.39, 0.29) is 6.54 Å². The highest BCUT2D eigenvalue weighted by molar-refractivity contribution is 7.10. The predicted octanol–water partition coefficient (Wildman–Crippen LogP) is 0.612. The summed E-state index contributed by atoms with van der Waals surface area (Å²) in [5.41, 5.74) is 5.81. The minimum Gasteiger partial charge on any atom is -0.386 e. The Kier molecular flexibility index (Phi) is 2.60. The van der Waals surface area contributed by atoms with Crippen molar-refractivity contribution in [2.24, 2.45) is 5.73 Å². The second-order valence-electron chi connectivity index (χ2n) is 2.10. The van der Waals surface area contributed by atoms with Crippen LogP contribution in [0.4, 0.5) is 0 Å². The summed E-state index contributed by atoms with van der Waals surface area (Å²) in [6.45, 7) is 0.200. The average Bonchev–Trinajstić information content (AvgIpc) is 2.50. The number of rotatable bonds is 2. The molecule has 0 spiro atoms. The van der Waals surface area contributed by atoms with E-state index in [1.165, 1.54) is 11.3 Å². The van der Waals surface area contributed by atoms with Crippen LogP contribution < -0.4 is 5.73 Å². The molecule has 3 N–H and O–H groups in total. The van der Waals surface area contributed by atoms with Crippen molar-refractivity contribution in [1.82, 2.24) is 0 Å². The number of aliphatic hydroxyl groups excluding tert-OH is 1. The van der Waals surface area contributed by atoms with Crippen molar-refractivity contribution in [3.63, 3.8) is 0 Å². The maximum Gasteiger partial charge on any atom is 0.100 e. The van der Waals surface area contributed by atoms with E-state index in [1.807, 2.05) is 6.07 Å². The minimum absolute atomic E-state index is 0.200. The summed E-state index contributed by atoms with van der Waals surface area (Å²) in [4.78, 5) is 0.754. The van der Waals surface area contributed by atoms with Gasteiger partial charge in [-0.1, -0.05) is 0 Å². The van der Waals surface area contributed by atoms with E-state index in [9.17, 15) is 5.11 Å². The maximum absolute atomic E-state index is 9.21. The van der Waals surface area contributed by atoms with Crippen molar-refractivity contribution in [3.8, 4) is 6.07 Å². The van der Waals surface area contributed by atoms with Crippen LogP contribution in [0.2, 0.25) is 0 Å². The van der Waals surface area contributed by atoms with Gasteiger partial charge in [-0.3, -0.25) is 0 Å². The fraction of sp³-hybridized carbons (Fsp3) is 0.286. The zero-order chi connectivity index (χ0) is 8.27. The number of nitriles is 1. The Morgan fingerprint density at radius 1 is 1.82 bits per heavy atom. The van der Waals surface area contributed by atoms with E-state index >= 15 is 0 Å². The fourth-order valence-electron chi connectivity index (χ4n) is 0.702. The lowest BCUT2D eigenvalue weighted by Gasteiger charge is -2.01. The van der Waals surface area contributed by atoms with Gasteiger partial charge in [0.15, 0.2) is 0 Å². The fourth-order valence-corrected chi connectivity index (χ4v) is 1.53. The molecule has 1 unspecified atom stereocenters. The van der Waals surface area contributed by atoms with Gasteiger partial charge in [0.05, 0.1) is 5.56 Å². The van der Waals surface area contributed by atoms with Gasteiger partial charge in [0.1, 0.15) is 12.2 Å². The van der Waals surface area contributed by atoms with Crippen molar-refractivity contribution in [2.45, 2.75) is 6.10 Å². The third-order valence-corrected chi connectivity index (χ3v) is 2.33. The van der Waals surface area contributed by atoms with Gasteiger partial charge in [-0.2, -0.15) is 5.26 Å². The van der Waals surface area contributed by atoms with E-state index in [4.69, 9.17) is 11.0 Å². The van der Waals surface area contributed by atoms with Gasteiger partial charge in [0.25, 0.3) is 0 Å². The molecule has 11 heavy (non-hydrogen) atoms. The molecule has 1 aromatic rings. The first-order valence-corrected chi connectivity index (χ1v) is 4.02. The first-order valence-electron chi connectivity index (χ1n) is 3.14. The van der Waals surface area contributed by atoms with E-state index in [2.05, 4.69) is 0 Å². The second-order valence-corrected chi connectivity index (χ2v) is 3.04. The van der Waals surface area contributed by atoms with Gasteiger partial charge in [0.2, 0.25) is 0 Å². The van der Waals surface area contributed by atoms with E-state index in [0.29, 0.717) is 5.56 Å². The molecule has 0 amide bonds. The Morgan fingerprint density at radius 3 is 3.00 bits per heavy atom. The van der Waals surface area contributed by atoms with Crippen LogP contribution in [-0.4, -0.2) is 11.7 Å². The third-order valence-electron chi connectivity index (χ3n) is 1.30. The van der Waals surface area contributed by atoms with Crippen LogP contribution in [0.5, 0.6) is 0 Å². The van der Waals surface area contributed by atoms with E-state index in [0.717, 1.165) is 4.88 Å². The molecule has 0 aliphatic heterocycles. The molecule has 0 saturated heterocycles. The number of hydrogen-bond acceptors (Lipinski definition) is 4. The largest absolute Gasteiger partial charge is 0.386 e. The molecule has 0 bridgehead atoms. The molecule has 0 saturated carbocycles. The van der Waals surface area contributed by atoms with Crippen molar-refractivity contribution < 1.29 is 5.11 Å². The number of nitrogens with two attached hydrogens (primary N) is 1. The Bertz CT molecular complexity index is 276. The quantitative estimate of drug-likeness (QED) is 0.679. The van der Waals surface area contributed by atoms with E-state index in [1.54, 1.807) is 11.4 Å². The summed E-state index contributed by atoms with van der Waals surface area (Å²) in [6, 6.07) is 3.64. The Labute approximate surface area is 68.7 Å². The molecule has 1 atom stereocenters. The molecule has 3 nitrogen and oxygen atoms in total. The van der Waals surface area contributed by atoms with Crippen LogP contribution in [0.3, 0.4) is 0 Å². The standard InChI is InChI=1S/C7H8N2OS/c8-2-5-1-7(11-4-5)6(10)3-9/h1,4,6,10H,3,9H2. The van der Waals surface area contributed by atoms with Crippen LogP contribution in [0, 0.1) is 11.3 Å². The minimum atomic E-state index is -0.623. The highest BCUT2D eigenvalue weighted by atomic mass is 32.1. The topological polar surface area (TPSA) is 70.0 Å². The molecular weight excluding hydrogens is 160 g/mol. The summed E-state index contributed by atoms with van der Waals surface area (Å²) in [5, 5.41) is 19.4. The summed E-state index contributed by atoms with van der Waals surface area (Å²) < 4.78 is 0. The number of hydrogen-bond donors (Lipinski definition) is 2. The molecule has 58 valence electrons. The highest BCUT2D eigenvalue weighted by Crippen LogP contribution is 2.20. The van der Waals surface area contributed by atoms with Crippen molar-refractivity contribution in [2.75, 3.05) is 6.54 Å². The van der Waals surface area contributed by atoms with Crippen LogP contribution in [0.25, 0.3) is 0 Å². The number of nitrogens with zero attached hydrogens (tertiary/aromatic N) is 1. The maximum atomic E-state index is 9.21. The van der Waals surface area contributed by atoms with Crippen molar-refractivity contribution >= 4 is 11.3 Å². The molecule has 0 aromatic carbocycles. The molecule has 0 fully saturated rings. The molecule has 0 aliphatic carbocycles. The third kappa shape index (κ3) is 1.77. The molecule has 1 aromatic heterocycles. The van der Waals surface area contributed by atoms with Gasteiger partial charge >= 0.3 is 0 Å². The number of thiophene rings is 1. The Balaban J connectivity index is 2.82. The van der Waals surface area contributed by atoms with Gasteiger partial charge in [-0.05, 0) is 6.07 Å². The Hall–Kier alpha value is -0.890. The lowest BCUT2D eigenvalue weighted by atomic mass is 10.2. The number of aliphatic hydroxyl groups is 1. The summed E-state index contributed by atoms with van der Waals surface area (Å²) >= 11 is 1.35. The summed E-state index contributed by atoms with van der Waals surface area (Å²) in [7, 11) is 0. The first-order chi connectivity index (χ1) is 5.27. The van der Waals surface area contributed by atoms with Crippen LogP contribution in [-0.2, 0) is 0 Å². The van der Waals surface area contributed by atoms with Crippen LogP contribution in [0.15, 0.2) is 11.4 Å². The zero-order valence-electron chi connectivity index (χ0n) is 5.82. The molecule has 4 heteroatoms. The molecule has 1 heterocycles. The lowest BCUT2D eigenvalue weighted by molar-refractivity contribution is 0.190. The monoisotopic (exact) mass is 168 g/mol. The summed E-state index contributed by atoms with van der Waals surface area (Å²) in [5.74, 6) is 0. The highest BCUT2D eigenvalue weighted by Gasteiger charge is 2.07. The Morgan fingerprint density at radius 2 is 2.55 bits per heavy atom. The molecule has 1 rings (SSSR count). The van der Waals surface area contributed by atoms with Gasteiger partial charge in [0, 0.05) is 16.8 Å². The predicted molar refractivity (Wildman–Crippen MR) is 43.0 cm³/mol. The van der Waals surface area contributed by atoms with Crippen molar-refractivity contribution in [1.29, 1.82) is 5.26 Å². The molecule has 0 radical (unpaired) electrons. The lowest BCUT2D eigenvalue weighted by Crippen LogP contribution is -2.09. The first kappa shape index (κ1) is 8.21. The van der Waals surface area contributed by atoms with E-state index < -0.39 is 6.10 Å². The SMILES string of the molecule is N#Cc1csc(C(O)CN)c1. The smallest absolute Gasteiger partial charge is 0.100 e. The van der Waals surface area contributed by atoms with Gasteiger partial charge in [-0.25, -0.2) is 0 Å². The molecule has 0 aliphatic rings. The normalized spacial score (nSPS) is 12.5.